The Labute approximate surface area is 180 Å². The molecule has 31 heavy (non-hydrogen) atoms. The summed E-state index contributed by atoms with van der Waals surface area (Å²) in [5.74, 6) is 1.57. The summed E-state index contributed by atoms with van der Waals surface area (Å²) in [6, 6.07) is 14.4. The van der Waals surface area contributed by atoms with E-state index in [2.05, 4.69) is 20.0 Å². The Morgan fingerprint density at radius 1 is 0.806 bits per heavy atom. The van der Waals surface area contributed by atoms with E-state index in [0.29, 0.717) is 26.2 Å². The van der Waals surface area contributed by atoms with Crippen molar-refractivity contribution in [3.05, 3.63) is 79.6 Å². The average Bonchev–Trinajstić information content (AvgIpc) is 3.54. The van der Waals surface area contributed by atoms with Crippen molar-refractivity contribution in [1.82, 2.24) is 28.6 Å². The molecule has 0 amide bonds. The smallest absolute Gasteiger partial charge is 0.243 e. The molecule has 3 aromatic heterocycles. The molecule has 0 unspecified atom stereocenters. The molecular formula is C21H21N7O2S. The molecule has 158 valence electrons. The van der Waals surface area contributed by atoms with E-state index in [1.807, 2.05) is 47.4 Å². The largest absolute Gasteiger partial charge is 0.354 e. The number of piperazine rings is 1. The van der Waals surface area contributed by atoms with E-state index >= 15 is 0 Å². The summed E-state index contributed by atoms with van der Waals surface area (Å²) in [6.07, 6.45) is 8.89. The predicted octanol–water partition coefficient (Wildman–Crippen LogP) is 1.96. The second-order valence-electron chi connectivity index (χ2n) is 7.16. The lowest BCUT2D eigenvalue weighted by atomic mass is 10.3. The fourth-order valence-corrected chi connectivity index (χ4v) is 5.06. The molecule has 9 nitrogen and oxygen atoms in total. The molecule has 0 atom stereocenters. The van der Waals surface area contributed by atoms with Crippen molar-refractivity contribution in [1.29, 1.82) is 0 Å². The summed E-state index contributed by atoms with van der Waals surface area (Å²) in [5.41, 5.74) is 0.816. The number of rotatable bonds is 5. The van der Waals surface area contributed by atoms with E-state index in [9.17, 15) is 8.42 Å². The third-order valence-corrected chi connectivity index (χ3v) is 7.23. The number of nitrogens with zero attached hydrogens (tertiary/aromatic N) is 7. The molecule has 0 aliphatic carbocycles. The Hall–Kier alpha value is -3.50. The number of benzene rings is 1. The van der Waals surface area contributed by atoms with Gasteiger partial charge in [-0.1, -0.05) is 0 Å². The molecule has 0 N–H and O–H groups in total. The Morgan fingerprint density at radius 2 is 1.52 bits per heavy atom. The van der Waals surface area contributed by atoms with Gasteiger partial charge in [-0.15, -0.1) is 0 Å². The monoisotopic (exact) mass is 435 g/mol. The highest BCUT2D eigenvalue weighted by Crippen LogP contribution is 2.22. The number of hydrogen-bond acceptors (Lipinski definition) is 6. The summed E-state index contributed by atoms with van der Waals surface area (Å²) in [6.45, 7) is 1.91. The summed E-state index contributed by atoms with van der Waals surface area (Å²) in [5, 5.41) is 4.17. The lowest BCUT2D eigenvalue weighted by molar-refractivity contribution is 0.383. The van der Waals surface area contributed by atoms with Crippen molar-refractivity contribution in [3.63, 3.8) is 0 Å². The van der Waals surface area contributed by atoms with Crippen LogP contribution < -0.4 is 4.90 Å². The molecule has 4 aromatic rings. The van der Waals surface area contributed by atoms with Crippen molar-refractivity contribution in [3.8, 4) is 11.5 Å². The van der Waals surface area contributed by atoms with Crippen LogP contribution in [0.5, 0.6) is 0 Å². The lowest BCUT2D eigenvalue weighted by Crippen LogP contribution is -2.48. The van der Waals surface area contributed by atoms with Crippen LogP contribution in [-0.4, -0.2) is 63.2 Å². The van der Waals surface area contributed by atoms with Crippen LogP contribution in [-0.2, 0) is 10.0 Å². The van der Waals surface area contributed by atoms with Gasteiger partial charge in [-0.3, -0.25) is 0 Å². The van der Waals surface area contributed by atoms with Gasteiger partial charge in [0.15, 0.2) is 0 Å². The van der Waals surface area contributed by atoms with Gasteiger partial charge in [0.1, 0.15) is 18.0 Å². The van der Waals surface area contributed by atoms with E-state index in [0.717, 1.165) is 17.3 Å². The SMILES string of the molecule is O=S(=O)(c1ccc(-n2cccn2)cc1)N1CCN(c2cc(-n3cccc3)ncn2)CC1. The maximum Gasteiger partial charge on any atom is 0.243 e. The van der Waals surface area contributed by atoms with E-state index in [-0.39, 0.29) is 4.90 Å². The highest BCUT2D eigenvalue weighted by atomic mass is 32.2. The summed E-state index contributed by atoms with van der Waals surface area (Å²) >= 11 is 0. The number of aromatic nitrogens is 5. The summed E-state index contributed by atoms with van der Waals surface area (Å²) in [4.78, 5) is 11.1. The van der Waals surface area contributed by atoms with Gasteiger partial charge in [0.05, 0.1) is 10.6 Å². The average molecular weight is 436 g/mol. The number of hydrogen-bond donors (Lipinski definition) is 0. The van der Waals surface area contributed by atoms with Crippen molar-refractivity contribution in [2.24, 2.45) is 0 Å². The molecule has 0 bridgehead atoms. The zero-order valence-electron chi connectivity index (χ0n) is 16.7. The molecule has 1 aliphatic heterocycles. The summed E-state index contributed by atoms with van der Waals surface area (Å²) in [7, 11) is -3.56. The van der Waals surface area contributed by atoms with Gasteiger partial charge >= 0.3 is 0 Å². The van der Waals surface area contributed by atoms with Crippen LogP contribution >= 0.6 is 0 Å². The minimum absolute atomic E-state index is 0.286. The molecule has 1 saturated heterocycles. The second kappa shape index (κ2) is 7.97. The van der Waals surface area contributed by atoms with Crippen molar-refractivity contribution < 1.29 is 8.42 Å². The van der Waals surface area contributed by atoms with Gasteiger partial charge in [-0.25, -0.2) is 23.1 Å². The van der Waals surface area contributed by atoms with Crippen LogP contribution in [0.1, 0.15) is 0 Å². The molecule has 0 saturated carbocycles. The Bertz CT molecular complexity index is 1250. The first-order chi connectivity index (χ1) is 15.1. The molecule has 4 heterocycles. The Balaban J connectivity index is 1.28. The fourth-order valence-electron chi connectivity index (χ4n) is 3.64. The minimum Gasteiger partial charge on any atom is -0.354 e. The standard InChI is InChI=1S/C21H21N7O2S/c29-31(30,19-6-4-18(5-7-19)28-11-3-8-24-28)27-14-12-26(13-15-27)21-16-20(22-17-23-21)25-9-1-2-10-25/h1-11,16-17H,12-15H2. The van der Waals surface area contributed by atoms with Crippen LogP contribution in [0.3, 0.4) is 0 Å². The van der Waals surface area contributed by atoms with Crippen LogP contribution in [0, 0.1) is 0 Å². The second-order valence-corrected chi connectivity index (χ2v) is 9.10. The molecule has 5 rings (SSSR count). The first kappa shape index (κ1) is 19.5. The number of anilines is 1. The highest BCUT2D eigenvalue weighted by Gasteiger charge is 2.29. The third-order valence-electron chi connectivity index (χ3n) is 5.31. The van der Waals surface area contributed by atoms with Crippen LogP contribution in [0.4, 0.5) is 5.82 Å². The fraction of sp³-hybridized carbons (Fsp3) is 0.190. The van der Waals surface area contributed by atoms with E-state index < -0.39 is 10.0 Å². The van der Waals surface area contributed by atoms with Crippen LogP contribution in [0.25, 0.3) is 11.5 Å². The van der Waals surface area contributed by atoms with Crippen LogP contribution in [0.15, 0.2) is 84.5 Å². The molecule has 1 fully saturated rings. The first-order valence-electron chi connectivity index (χ1n) is 9.92. The zero-order chi connectivity index (χ0) is 21.3. The Kier molecular flexibility index (Phi) is 5.00. The van der Waals surface area contributed by atoms with E-state index in [1.54, 1.807) is 35.1 Å². The third kappa shape index (κ3) is 3.82. The normalized spacial score (nSPS) is 15.3. The summed E-state index contributed by atoms with van der Waals surface area (Å²) < 4.78 is 31.3. The zero-order valence-corrected chi connectivity index (χ0v) is 17.5. The van der Waals surface area contributed by atoms with Crippen molar-refractivity contribution in [2.45, 2.75) is 4.90 Å². The molecule has 1 aliphatic rings. The first-order valence-corrected chi connectivity index (χ1v) is 11.4. The quantitative estimate of drug-likeness (QED) is 0.476. The van der Waals surface area contributed by atoms with Crippen LogP contribution in [0.2, 0.25) is 0 Å². The van der Waals surface area contributed by atoms with Gasteiger partial charge in [0, 0.05) is 57.0 Å². The topological polar surface area (TPSA) is 89.2 Å². The lowest BCUT2D eigenvalue weighted by Gasteiger charge is -2.34. The van der Waals surface area contributed by atoms with Crippen molar-refractivity contribution in [2.75, 3.05) is 31.1 Å². The van der Waals surface area contributed by atoms with Gasteiger partial charge in [-0.05, 0) is 42.5 Å². The van der Waals surface area contributed by atoms with E-state index in [4.69, 9.17) is 0 Å². The van der Waals surface area contributed by atoms with Gasteiger partial charge in [0.25, 0.3) is 0 Å². The van der Waals surface area contributed by atoms with Gasteiger partial charge < -0.3 is 9.47 Å². The maximum atomic E-state index is 13.1. The molecular weight excluding hydrogens is 414 g/mol. The molecule has 0 radical (unpaired) electrons. The van der Waals surface area contributed by atoms with Gasteiger partial charge in [-0.2, -0.15) is 9.40 Å². The van der Waals surface area contributed by atoms with Gasteiger partial charge in [0.2, 0.25) is 10.0 Å². The number of sulfonamides is 1. The van der Waals surface area contributed by atoms with E-state index in [1.165, 1.54) is 10.6 Å². The highest BCUT2D eigenvalue weighted by molar-refractivity contribution is 7.89. The Morgan fingerprint density at radius 3 is 2.19 bits per heavy atom. The molecule has 0 spiro atoms. The molecule has 1 aromatic carbocycles. The maximum absolute atomic E-state index is 13.1. The van der Waals surface area contributed by atoms with Crippen molar-refractivity contribution >= 4 is 15.8 Å². The predicted molar refractivity (Wildman–Crippen MR) is 116 cm³/mol. The molecule has 10 heteroatoms. The minimum atomic E-state index is -3.56.